The highest BCUT2D eigenvalue weighted by atomic mass is 32.2. The molecule has 13 nitrogen and oxygen atoms in total. The third-order valence-corrected chi connectivity index (χ3v) is 9.45. The van der Waals surface area contributed by atoms with Crippen LogP contribution in [0, 0.1) is 5.41 Å². The minimum atomic E-state index is -3.63. The zero-order valence-electron chi connectivity index (χ0n) is 28.5. The van der Waals surface area contributed by atoms with Crippen molar-refractivity contribution >= 4 is 27.8 Å². The van der Waals surface area contributed by atoms with Crippen molar-refractivity contribution in [2.75, 3.05) is 71.4 Å². The van der Waals surface area contributed by atoms with Crippen LogP contribution in [0.15, 0.2) is 42.5 Å². The fourth-order valence-electron chi connectivity index (χ4n) is 6.36. The first-order chi connectivity index (χ1) is 22.8. The number of amides is 2. The highest BCUT2D eigenvalue weighted by Crippen LogP contribution is 2.40. The first-order valence-corrected chi connectivity index (χ1v) is 18.0. The molecule has 0 spiro atoms. The van der Waals surface area contributed by atoms with E-state index in [4.69, 9.17) is 23.1 Å². The summed E-state index contributed by atoms with van der Waals surface area (Å²) in [5.41, 5.74) is 1.98. The molecule has 0 saturated carbocycles. The average molecular weight is 692 g/mol. The summed E-state index contributed by atoms with van der Waals surface area (Å²) in [6.07, 6.45) is 0.978. The molecule has 2 aromatic carbocycles. The molecule has 2 aromatic rings. The SMILES string of the molecule is COCCCN1CCOc2ccc(CO[C@H]3CN(C(=O)O)[C@H](CC(C)(C)C(=O)NCCOS(C)(=O)=O)C[C@@H]3c3ccc(OC)cc3)cc21. The van der Waals surface area contributed by atoms with Gasteiger partial charge in [0.15, 0.2) is 0 Å². The van der Waals surface area contributed by atoms with Gasteiger partial charge in [0.05, 0.1) is 51.5 Å². The number of rotatable bonds is 16. The molecular formula is C34H49N3O10S. The summed E-state index contributed by atoms with van der Waals surface area (Å²) < 4.78 is 50.3. The molecule has 0 unspecified atom stereocenters. The summed E-state index contributed by atoms with van der Waals surface area (Å²) in [7, 11) is -0.330. The van der Waals surface area contributed by atoms with E-state index in [2.05, 4.69) is 16.3 Å². The molecule has 0 radical (unpaired) electrons. The topological polar surface area (TPSA) is 153 Å². The zero-order chi connectivity index (χ0) is 34.9. The van der Waals surface area contributed by atoms with Crippen LogP contribution in [0.25, 0.3) is 0 Å². The minimum absolute atomic E-state index is 0.00671. The van der Waals surface area contributed by atoms with Crippen LogP contribution in [-0.4, -0.2) is 109 Å². The van der Waals surface area contributed by atoms with E-state index < -0.39 is 33.8 Å². The van der Waals surface area contributed by atoms with E-state index >= 15 is 0 Å². The fourth-order valence-corrected chi connectivity index (χ4v) is 6.75. The Balaban J connectivity index is 1.52. The molecule has 2 heterocycles. The van der Waals surface area contributed by atoms with Gasteiger partial charge in [-0.2, -0.15) is 8.42 Å². The van der Waals surface area contributed by atoms with Gasteiger partial charge in [0, 0.05) is 44.2 Å². The molecule has 14 heteroatoms. The Labute approximate surface area is 283 Å². The number of carboxylic acid groups (broad SMARTS) is 1. The number of carbonyl (C=O) groups excluding carboxylic acids is 1. The Bertz CT molecular complexity index is 1480. The highest BCUT2D eigenvalue weighted by Gasteiger charge is 2.43. The van der Waals surface area contributed by atoms with Crippen LogP contribution >= 0.6 is 0 Å². The molecule has 48 heavy (non-hydrogen) atoms. The Morgan fingerprint density at radius 3 is 2.52 bits per heavy atom. The van der Waals surface area contributed by atoms with E-state index in [-0.39, 0.29) is 44.5 Å². The third kappa shape index (κ3) is 10.2. The van der Waals surface area contributed by atoms with Crippen LogP contribution in [0.1, 0.15) is 50.2 Å². The Morgan fingerprint density at radius 1 is 1.10 bits per heavy atom. The van der Waals surface area contributed by atoms with Crippen LogP contribution in [-0.2, 0) is 35.2 Å². The summed E-state index contributed by atoms with van der Waals surface area (Å²) in [5.74, 6) is 1.05. The molecule has 1 fully saturated rings. The molecule has 2 N–H and O–H groups in total. The standard InChI is InChI=1S/C34H49N3O10S/c1-34(2,32(38)35-13-17-47-48(5,41)42)21-26-20-28(25-8-10-27(44-4)11-9-25)31(22-37(26)33(39)40)46-23-24-7-12-30-29(19-24)36(15-18-45-30)14-6-16-43-3/h7-12,19,26,28,31H,6,13-18,20-23H2,1-5H3,(H,35,38)(H,39,40)/t26-,28+,31-/m0/s1. The Hall–Kier alpha value is -3.59. The third-order valence-electron chi connectivity index (χ3n) is 8.85. The summed E-state index contributed by atoms with van der Waals surface area (Å²) in [6, 6.07) is 13.2. The number of carbonyl (C=O) groups is 2. The summed E-state index contributed by atoms with van der Waals surface area (Å²) in [6.45, 7) is 6.63. The number of methoxy groups -OCH3 is 2. The van der Waals surface area contributed by atoms with E-state index in [1.165, 1.54) is 4.90 Å². The molecule has 0 aliphatic carbocycles. The van der Waals surface area contributed by atoms with Crippen molar-refractivity contribution < 1.29 is 46.2 Å². The lowest BCUT2D eigenvalue weighted by Gasteiger charge is -2.45. The molecule has 1 saturated heterocycles. The number of hydrogen-bond donors (Lipinski definition) is 2. The number of hydrogen-bond acceptors (Lipinski definition) is 10. The predicted octanol–water partition coefficient (Wildman–Crippen LogP) is 3.86. The fraction of sp³-hybridized carbons (Fsp3) is 0.588. The van der Waals surface area contributed by atoms with Crippen molar-refractivity contribution in [1.29, 1.82) is 0 Å². The minimum Gasteiger partial charge on any atom is -0.497 e. The lowest BCUT2D eigenvalue weighted by Crippen LogP contribution is -2.54. The Morgan fingerprint density at radius 2 is 1.85 bits per heavy atom. The van der Waals surface area contributed by atoms with E-state index in [1.54, 1.807) is 28.1 Å². The number of benzene rings is 2. The molecule has 4 rings (SSSR count). The number of fused-ring (bicyclic) bond motifs is 1. The second-order valence-corrected chi connectivity index (χ2v) is 14.6. The van der Waals surface area contributed by atoms with E-state index in [0.29, 0.717) is 25.4 Å². The van der Waals surface area contributed by atoms with Gasteiger partial charge in [-0.05, 0) is 54.7 Å². The van der Waals surface area contributed by atoms with Gasteiger partial charge in [-0.1, -0.05) is 32.0 Å². The monoisotopic (exact) mass is 691 g/mol. The number of nitrogens with one attached hydrogen (secondary N) is 1. The van der Waals surface area contributed by atoms with E-state index in [0.717, 1.165) is 48.3 Å². The summed E-state index contributed by atoms with van der Waals surface area (Å²) >= 11 is 0. The molecule has 3 atom stereocenters. The van der Waals surface area contributed by atoms with Crippen molar-refractivity contribution in [3.63, 3.8) is 0 Å². The van der Waals surface area contributed by atoms with Crippen molar-refractivity contribution in [1.82, 2.24) is 10.2 Å². The summed E-state index contributed by atoms with van der Waals surface area (Å²) in [5, 5.41) is 13.0. The van der Waals surface area contributed by atoms with Crippen LogP contribution in [0.4, 0.5) is 10.5 Å². The van der Waals surface area contributed by atoms with Crippen molar-refractivity contribution in [2.45, 2.75) is 57.8 Å². The lowest BCUT2D eigenvalue weighted by atomic mass is 9.76. The van der Waals surface area contributed by atoms with Crippen molar-refractivity contribution in [3.8, 4) is 11.5 Å². The first kappa shape index (κ1) is 37.2. The molecule has 266 valence electrons. The second-order valence-electron chi connectivity index (χ2n) is 12.9. The predicted molar refractivity (Wildman–Crippen MR) is 180 cm³/mol. The van der Waals surface area contributed by atoms with Gasteiger partial charge < -0.3 is 39.2 Å². The smallest absolute Gasteiger partial charge is 0.407 e. The first-order valence-electron chi connectivity index (χ1n) is 16.2. The number of likely N-dealkylation sites (tertiary alicyclic amines) is 1. The van der Waals surface area contributed by atoms with Crippen molar-refractivity contribution in [3.05, 3.63) is 53.6 Å². The zero-order valence-corrected chi connectivity index (χ0v) is 29.3. The van der Waals surface area contributed by atoms with Crippen LogP contribution in [0.3, 0.4) is 0 Å². The van der Waals surface area contributed by atoms with Crippen LogP contribution in [0.5, 0.6) is 11.5 Å². The van der Waals surface area contributed by atoms with E-state index in [1.807, 2.05) is 36.4 Å². The maximum Gasteiger partial charge on any atom is 0.407 e. The largest absolute Gasteiger partial charge is 0.497 e. The number of anilines is 1. The summed E-state index contributed by atoms with van der Waals surface area (Å²) in [4.78, 5) is 29.4. The van der Waals surface area contributed by atoms with Gasteiger partial charge in [-0.3, -0.25) is 8.98 Å². The molecule has 0 aromatic heterocycles. The number of piperidine rings is 1. The van der Waals surface area contributed by atoms with Gasteiger partial charge >= 0.3 is 6.09 Å². The van der Waals surface area contributed by atoms with Gasteiger partial charge in [-0.25, -0.2) is 4.79 Å². The van der Waals surface area contributed by atoms with Crippen LogP contribution in [0.2, 0.25) is 0 Å². The van der Waals surface area contributed by atoms with Crippen LogP contribution < -0.4 is 19.7 Å². The Kier molecular flexibility index (Phi) is 12.9. The molecule has 0 bridgehead atoms. The quantitative estimate of drug-likeness (QED) is 0.195. The maximum absolute atomic E-state index is 13.1. The molecule has 2 aliphatic heterocycles. The molecule has 2 aliphatic rings. The number of nitrogens with zero attached hydrogens (tertiary/aromatic N) is 2. The number of ether oxygens (including phenoxy) is 4. The molecule has 2 amide bonds. The second kappa shape index (κ2) is 16.7. The maximum atomic E-state index is 13.1. The van der Waals surface area contributed by atoms with Gasteiger partial charge in [0.2, 0.25) is 5.91 Å². The van der Waals surface area contributed by atoms with Gasteiger partial charge in [-0.15, -0.1) is 0 Å². The normalized spacial score (nSPS) is 19.7. The van der Waals surface area contributed by atoms with E-state index in [9.17, 15) is 23.1 Å². The van der Waals surface area contributed by atoms with Gasteiger partial charge in [0.1, 0.15) is 18.1 Å². The average Bonchev–Trinajstić information content (AvgIpc) is 3.05. The molecular weight excluding hydrogens is 642 g/mol. The lowest BCUT2D eigenvalue weighted by molar-refractivity contribution is -0.131. The highest BCUT2D eigenvalue weighted by molar-refractivity contribution is 7.85. The van der Waals surface area contributed by atoms with Crippen molar-refractivity contribution in [2.24, 2.45) is 5.41 Å². The van der Waals surface area contributed by atoms with Gasteiger partial charge in [0.25, 0.3) is 10.1 Å².